The Morgan fingerprint density at radius 1 is 1.50 bits per heavy atom. The molecular weight excluding hydrogens is 146 g/mol. The van der Waals surface area contributed by atoms with Crippen LogP contribution >= 0.6 is 0 Å². The van der Waals surface area contributed by atoms with Gasteiger partial charge in [-0.25, -0.2) is 10.5 Å². The minimum absolute atomic E-state index is 0.0579. The van der Waals surface area contributed by atoms with Crippen LogP contribution in [0, 0.1) is 0 Å². The normalized spacial score (nSPS) is 14.4. The van der Waals surface area contributed by atoms with Crippen molar-refractivity contribution >= 4 is 14.2 Å². The van der Waals surface area contributed by atoms with Gasteiger partial charge in [0.15, 0.2) is 0 Å². The van der Waals surface area contributed by atoms with Crippen LogP contribution < -0.4 is 5.73 Å². The summed E-state index contributed by atoms with van der Waals surface area (Å²) < 4.78 is 4.70. The number of carbonyl (C=O) groups is 1. The number of amides is 1. The molecule has 0 spiro atoms. The molecule has 59 valence electrons. The van der Waals surface area contributed by atoms with Gasteiger partial charge in [-0.1, -0.05) is 19.6 Å². The van der Waals surface area contributed by atoms with Gasteiger partial charge in [-0.2, -0.15) is 0 Å². The van der Waals surface area contributed by atoms with Crippen molar-refractivity contribution in [2.24, 2.45) is 0 Å². The van der Waals surface area contributed by atoms with Crippen LogP contribution in [-0.2, 0) is 4.74 Å². The van der Waals surface area contributed by atoms with E-state index >= 15 is 0 Å². The van der Waals surface area contributed by atoms with Crippen LogP contribution in [0.25, 0.3) is 0 Å². The lowest BCUT2D eigenvalue weighted by molar-refractivity contribution is 0.143. The summed E-state index contributed by atoms with van der Waals surface area (Å²) in [5.74, 6) is 0. The Hall–Kier alpha value is -0.513. The Kier molecular flexibility index (Phi) is 2.89. The second-order valence-electron chi connectivity index (χ2n) is 3.41. The minimum atomic E-state index is -1.39. The molecule has 1 radical (unpaired) electrons. The average Bonchev–Trinajstić information content (AvgIpc) is 1.60. The molecule has 0 saturated heterocycles. The molecule has 0 aliphatic rings. The molecule has 0 heterocycles. The van der Waals surface area contributed by atoms with Gasteiger partial charge in [0, 0.05) is 0 Å². The van der Waals surface area contributed by atoms with Crippen LogP contribution in [0.15, 0.2) is 0 Å². The van der Waals surface area contributed by atoms with Crippen LogP contribution in [0.4, 0.5) is 4.79 Å². The molecule has 1 amide bonds. The Morgan fingerprint density at radius 2 is 1.90 bits per heavy atom. The first kappa shape index (κ1) is 9.49. The first-order valence-corrected chi connectivity index (χ1v) is 6.84. The average molecular weight is 160 g/mol. The molecular formula is C6H14NO2Si. The molecule has 0 aliphatic heterocycles. The van der Waals surface area contributed by atoms with Crippen molar-refractivity contribution in [2.75, 3.05) is 0 Å². The van der Waals surface area contributed by atoms with Crippen molar-refractivity contribution in [3.05, 3.63) is 0 Å². The van der Waals surface area contributed by atoms with Crippen LogP contribution in [0.1, 0.15) is 6.92 Å². The summed E-state index contributed by atoms with van der Waals surface area (Å²) in [5, 5.41) is 0. The highest BCUT2D eigenvalue weighted by atomic mass is 28.3. The molecule has 1 unspecified atom stereocenters. The van der Waals surface area contributed by atoms with E-state index in [-0.39, 0.29) is 5.73 Å². The summed E-state index contributed by atoms with van der Waals surface area (Å²) in [5.41, 5.74) is 6.49. The number of ether oxygens (including phenoxy) is 1. The Bertz CT molecular complexity index is 130. The van der Waals surface area contributed by atoms with E-state index in [1.54, 1.807) is 0 Å². The third-order valence-electron chi connectivity index (χ3n) is 1.50. The van der Waals surface area contributed by atoms with E-state index in [0.717, 1.165) is 0 Å². The topological polar surface area (TPSA) is 50.1 Å². The van der Waals surface area contributed by atoms with Gasteiger partial charge in [0.1, 0.15) is 0 Å². The van der Waals surface area contributed by atoms with E-state index in [2.05, 4.69) is 19.6 Å². The first-order chi connectivity index (χ1) is 4.34. The minimum Gasteiger partial charge on any atom is -0.449 e. The van der Waals surface area contributed by atoms with Crippen LogP contribution in [0.3, 0.4) is 0 Å². The van der Waals surface area contributed by atoms with Crippen molar-refractivity contribution in [1.29, 1.82) is 0 Å². The van der Waals surface area contributed by atoms with Crippen LogP contribution in [-0.4, -0.2) is 19.9 Å². The molecule has 10 heavy (non-hydrogen) atoms. The Balaban J connectivity index is 3.85. The van der Waals surface area contributed by atoms with Crippen molar-refractivity contribution in [3.8, 4) is 0 Å². The third-order valence-corrected chi connectivity index (χ3v) is 4.06. The summed E-state index contributed by atoms with van der Waals surface area (Å²) in [4.78, 5) is 10.2. The molecule has 0 aromatic heterocycles. The summed E-state index contributed by atoms with van der Waals surface area (Å²) in [7, 11) is -1.39. The van der Waals surface area contributed by atoms with E-state index in [4.69, 9.17) is 10.5 Å². The second-order valence-corrected chi connectivity index (χ2v) is 8.96. The maximum Gasteiger partial charge on any atom is 0.426 e. The molecule has 1 atom stereocenters. The van der Waals surface area contributed by atoms with Gasteiger partial charge in [-0.3, -0.25) is 0 Å². The highest BCUT2D eigenvalue weighted by Gasteiger charge is 2.25. The van der Waals surface area contributed by atoms with E-state index in [1.165, 1.54) is 0 Å². The predicted octanol–water partition coefficient (Wildman–Crippen LogP) is 1.67. The lowest BCUT2D eigenvalue weighted by Crippen LogP contribution is -2.39. The molecule has 0 rings (SSSR count). The number of nitrogens with one attached hydrogen (secondary N) is 1. The smallest absolute Gasteiger partial charge is 0.426 e. The Labute approximate surface area is 62.6 Å². The summed E-state index contributed by atoms with van der Waals surface area (Å²) in [6.45, 7) is 8.14. The van der Waals surface area contributed by atoms with Gasteiger partial charge in [0.2, 0.25) is 0 Å². The maximum atomic E-state index is 10.2. The SMILES string of the molecule is CC(OC([NH])=O)[Si](C)(C)C. The monoisotopic (exact) mass is 160 g/mol. The quantitative estimate of drug-likeness (QED) is 0.577. The number of rotatable bonds is 2. The van der Waals surface area contributed by atoms with Crippen LogP contribution in [0.5, 0.6) is 0 Å². The standard InChI is InChI=1S/C6H14NO2Si/c1-5(9-6(7)8)10(2,3)4/h5,7H,1-4H3. The van der Waals surface area contributed by atoms with Crippen molar-refractivity contribution < 1.29 is 9.53 Å². The van der Waals surface area contributed by atoms with E-state index < -0.39 is 14.2 Å². The van der Waals surface area contributed by atoms with Gasteiger partial charge < -0.3 is 4.74 Å². The predicted molar refractivity (Wildman–Crippen MR) is 42.4 cm³/mol. The van der Waals surface area contributed by atoms with E-state index in [9.17, 15) is 4.79 Å². The largest absolute Gasteiger partial charge is 0.449 e. The molecule has 4 heteroatoms. The van der Waals surface area contributed by atoms with E-state index in [0.29, 0.717) is 0 Å². The van der Waals surface area contributed by atoms with Gasteiger partial charge in [0.25, 0.3) is 0 Å². The second kappa shape index (κ2) is 3.05. The van der Waals surface area contributed by atoms with Gasteiger partial charge in [-0.15, -0.1) is 0 Å². The maximum absolute atomic E-state index is 10.2. The molecule has 3 nitrogen and oxygen atoms in total. The molecule has 0 saturated carbocycles. The van der Waals surface area contributed by atoms with Crippen LogP contribution in [0.2, 0.25) is 19.6 Å². The first-order valence-electron chi connectivity index (χ1n) is 3.26. The lowest BCUT2D eigenvalue weighted by Gasteiger charge is -2.23. The molecule has 0 aromatic rings. The zero-order chi connectivity index (χ0) is 8.36. The highest BCUT2D eigenvalue weighted by molar-refractivity contribution is 6.77. The van der Waals surface area contributed by atoms with Crippen molar-refractivity contribution in [3.63, 3.8) is 0 Å². The van der Waals surface area contributed by atoms with E-state index in [1.807, 2.05) is 6.92 Å². The van der Waals surface area contributed by atoms with Gasteiger partial charge in [0.05, 0.1) is 13.8 Å². The highest BCUT2D eigenvalue weighted by Crippen LogP contribution is 2.10. The summed E-state index contributed by atoms with van der Waals surface area (Å²) in [6.07, 6.45) is -0.921. The molecule has 0 fully saturated rings. The molecule has 0 aliphatic carbocycles. The van der Waals surface area contributed by atoms with Gasteiger partial charge >= 0.3 is 6.09 Å². The zero-order valence-electron chi connectivity index (χ0n) is 6.89. The van der Waals surface area contributed by atoms with Crippen molar-refractivity contribution in [1.82, 2.24) is 5.73 Å². The van der Waals surface area contributed by atoms with Crippen molar-refractivity contribution in [2.45, 2.75) is 32.3 Å². The fourth-order valence-corrected chi connectivity index (χ4v) is 0.798. The molecule has 0 aromatic carbocycles. The molecule has 0 bridgehead atoms. The zero-order valence-corrected chi connectivity index (χ0v) is 7.89. The number of hydrogen-bond acceptors (Lipinski definition) is 2. The summed E-state index contributed by atoms with van der Waals surface area (Å²) >= 11 is 0. The number of carbonyl (C=O) groups excluding carboxylic acids is 1. The number of hydrogen-bond donors (Lipinski definition) is 0. The fourth-order valence-electron chi connectivity index (χ4n) is 0.337. The molecule has 1 N–H and O–H groups in total. The fraction of sp³-hybridized carbons (Fsp3) is 0.833. The summed E-state index contributed by atoms with van der Waals surface area (Å²) in [6, 6.07) is 0. The third kappa shape index (κ3) is 3.50. The Morgan fingerprint density at radius 3 is 2.00 bits per heavy atom. The lowest BCUT2D eigenvalue weighted by atomic mass is 10.8. The van der Waals surface area contributed by atoms with Gasteiger partial charge in [-0.05, 0) is 6.92 Å².